The van der Waals surface area contributed by atoms with Gasteiger partial charge in [-0.1, -0.05) is 43.1 Å². The van der Waals surface area contributed by atoms with Gasteiger partial charge in [-0.3, -0.25) is 13.9 Å². The zero-order chi connectivity index (χ0) is 26.9. The second kappa shape index (κ2) is 13.6. The average Bonchev–Trinajstić information content (AvgIpc) is 2.82. The van der Waals surface area contributed by atoms with E-state index in [9.17, 15) is 22.4 Å². The van der Waals surface area contributed by atoms with Crippen molar-refractivity contribution in [2.24, 2.45) is 0 Å². The summed E-state index contributed by atoms with van der Waals surface area (Å²) in [4.78, 5) is 27.4. The molecule has 0 aromatic heterocycles. The van der Waals surface area contributed by atoms with Crippen LogP contribution in [0.25, 0.3) is 0 Å². The van der Waals surface area contributed by atoms with Crippen LogP contribution in [-0.4, -0.2) is 50.5 Å². The minimum atomic E-state index is -3.62. The standard InChI is InChI=1S/C26H35ClFN3O4S/c1-5-6-15-29-26(33)20(3)30(18-21-10-13-23(28)14-11-21)25(32)8-7-16-31(36(4,34)35)24-17-22(27)12-9-19(24)2/h9-14,17,20H,5-8,15-16,18H2,1-4H3,(H,29,33)/t20-/m0/s1. The van der Waals surface area contributed by atoms with Crippen LogP contribution >= 0.6 is 11.6 Å². The van der Waals surface area contributed by atoms with E-state index in [1.165, 1.54) is 21.3 Å². The molecule has 0 heterocycles. The van der Waals surface area contributed by atoms with Crippen LogP contribution in [0.4, 0.5) is 10.1 Å². The van der Waals surface area contributed by atoms with Gasteiger partial charge in [-0.25, -0.2) is 12.8 Å². The fourth-order valence-electron chi connectivity index (χ4n) is 3.74. The lowest BCUT2D eigenvalue weighted by Crippen LogP contribution is -2.48. The van der Waals surface area contributed by atoms with E-state index in [1.807, 2.05) is 6.92 Å². The molecule has 0 aliphatic rings. The first kappa shape index (κ1) is 29.6. The highest BCUT2D eigenvalue weighted by Crippen LogP contribution is 2.27. The van der Waals surface area contributed by atoms with Gasteiger partial charge in [-0.05, 0) is 62.1 Å². The minimum absolute atomic E-state index is 0.0272. The Labute approximate surface area is 218 Å². The predicted molar refractivity (Wildman–Crippen MR) is 142 cm³/mol. The number of sulfonamides is 1. The monoisotopic (exact) mass is 539 g/mol. The molecule has 7 nitrogen and oxygen atoms in total. The smallest absolute Gasteiger partial charge is 0.242 e. The number of aryl methyl sites for hydroxylation is 1. The number of halogens is 2. The summed E-state index contributed by atoms with van der Waals surface area (Å²) in [6.45, 7) is 6.18. The number of amides is 2. The van der Waals surface area contributed by atoms with Crippen molar-refractivity contribution in [2.45, 2.75) is 59.0 Å². The largest absolute Gasteiger partial charge is 0.354 e. The Kier molecular flexibility index (Phi) is 11.2. The summed E-state index contributed by atoms with van der Waals surface area (Å²) < 4.78 is 39.6. The van der Waals surface area contributed by atoms with Crippen molar-refractivity contribution in [1.82, 2.24) is 10.2 Å². The summed E-state index contributed by atoms with van der Waals surface area (Å²) in [6, 6.07) is 10.0. The molecule has 2 aromatic carbocycles. The van der Waals surface area contributed by atoms with Crippen LogP contribution in [0, 0.1) is 12.7 Å². The number of rotatable bonds is 13. The number of carbonyl (C=O) groups excluding carboxylic acids is 2. The molecule has 0 bridgehead atoms. The summed E-state index contributed by atoms with van der Waals surface area (Å²) in [5.74, 6) is -0.959. The topological polar surface area (TPSA) is 86.8 Å². The Morgan fingerprint density at radius 1 is 1.11 bits per heavy atom. The van der Waals surface area contributed by atoms with Crippen LogP contribution in [0.5, 0.6) is 0 Å². The van der Waals surface area contributed by atoms with Crippen molar-refractivity contribution >= 4 is 39.1 Å². The van der Waals surface area contributed by atoms with Crippen molar-refractivity contribution < 1.29 is 22.4 Å². The maximum atomic E-state index is 13.4. The van der Waals surface area contributed by atoms with Gasteiger partial charge in [0, 0.05) is 31.1 Å². The highest BCUT2D eigenvalue weighted by atomic mass is 35.5. The zero-order valence-electron chi connectivity index (χ0n) is 21.3. The van der Waals surface area contributed by atoms with Crippen molar-refractivity contribution in [3.05, 3.63) is 64.4 Å². The van der Waals surface area contributed by atoms with Crippen molar-refractivity contribution in [3.8, 4) is 0 Å². The van der Waals surface area contributed by atoms with Crippen molar-refractivity contribution in [2.75, 3.05) is 23.7 Å². The lowest BCUT2D eigenvalue weighted by atomic mass is 10.1. The van der Waals surface area contributed by atoms with Crippen LogP contribution in [0.2, 0.25) is 5.02 Å². The Balaban J connectivity index is 2.17. The average molecular weight is 540 g/mol. The van der Waals surface area contributed by atoms with Gasteiger partial charge in [-0.15, -0.1) is 0 Å². The number of nitrogens with one attached hydrogen (secondary N) is 1. The maximum absolute atomic E-state index is 13.4. The molecule has 0 saturated carbocycles. The summed E-state index contributed by atoms with van der Waals surface area (Å²) in [6.07, 6.45) is 3.13. The molecule has 36 heavy (non-hydrogen) atoms. The Bertz CT molecular complexity index is 1140. The van der Waals surface area contributed by atoms with Crippen LogP contribution in [0.15, 0.2) is 42.5 Å². The quantitative estimate of drug-likeness (QED) is 0.375. The first-order valence-electron chi connectivity index (χ1n) is 12.0. The van der Waals surface area contributed by atoms with Gasteiger partial charge < -0.3 is 10.2 Å². The SMILES string of the molecule is CCCCNC(=O)[C@H](C)N(Cc1ccc(F)cc1)C(=O)CCCN(c1cc(Cl)ccc1C)S(C)(=O)=O. The zero-order valence-corrected chi connectivity index (χ0v) is 22.8. The van der Waals surface area contributed by atoms with Gasteiger partial charge in [0.25, 0.3) is 0 Å². The van der Waals surface area contributed by atoms with Crippen LogP contribution in [0.1, 0.15) is 50.7 Å². The second-order valence-electron chi connectivity index (χ2n) is 8.84. The Morgan fingerprint density at radius 2 is 1.78 bits per heavy atom. The number of hydrogen-bond acceptors (Lipinski definition) is 4. The molecule has 0 radical (unpaired) electrons. The molecule has 2 amide bonds. The molecule has 0 unspecified atom stereocenters. The third-order valence-corrected chi connectivity index (χ3v) is 7.27. The lowest BCUT2D eigenvalue weighted by molar-refractivity contribution is -0.140. The molecule has 0 saturated heterocycles. The van der Waals surface area contributed by atoms with E-state index in [2.05, 4.69) is 5.32 Å². The molecule has 1 N–H and O–H groups in total. The number of nitrogens with zero attached hydrogens (tertiary/aromatic N) is 2. The van der Waals surface area contributed by atoms with Gasteiger partial charge in [-0.2, -0.15) is 0 Å². The molecule has 0 fully saturated rings. The van der Waals surface area contributed by atoms with Crippen LogP contribution in [-0.2, 0) is 26.2 Å². The number of anilines is 1. The minimum Gasteiger partial charge on any atom is -0.354 e. The molecule has 10 heteroatoms. The molecule has 0 aliphatic heterocycles. The Hall–Kier alpha value is -2.65. The normalized spacial score (nSPS) is 12.2. The fraction of sp³-hybridized carbons (Fsp3) is 0.462. The van der Waals surface area contributed by atoms with E-state index in [1.54, 1.807) is 44.2 Å². The molecule has 2 rings (SSSR count). The summed E-state index contributed by atoms with van der Waals surface area (Å²) in [5.41, 5.74) is 1.89. The second-order valence-corrected chi connectivity index (χ2v) is 11.2. The number of unbranched alkanes of at least 4 members (excludes halogenated alkanes) is 1. The highest BCUT2D eigenvalue weighted by Gasteiger charge is 2.27. The van der Waals surface area contributed by atoms with E-state index in [4.69, 9.17) is 11.6 Å². The van der Waals surface area contributed by atoms with E-state index in [0.717, 1.165) is 24.7 Å². The molecular formula is C26H35ClFN3O4S. The maximum Gasteiger partial charge on any atom is 0.242 e. The fourth-order valence-corrected chi connectivity index (χ4v) is 4.92. The van der Waals surface area contributed by atoms with Crippen molar-refractivity contribution in [3.63, 3.8) is 0 Å². The van der Waals surface area contributed by atoms with E-state index >= 15 is 0 Å². The number of carbonyl (C=O) groups is 2. The van der Waals surface area contributed by atoms with Gasteiger partial charge in [0.1, 0.15) is 11.9 Å². The highest BCUT2D eigenvalue weighted by molar-refractivity contribution is 7.92. The lowest BCUT2D eigenvalue weighted by Gasteiger charge is -2.29. The Morgan fingerprint density at radius 3 is 2.39 bits per heavy atom. The van der Waals surface area contributed by atoms with Gasteiger partial charge >= 0.3 is 0 Å². The first-order chi connectivity index (χ1) is 16.9. The van der Waals surface area contributed by atoms with E-state index in [-0.39, 0.29) is 43.6 Å². The molecule has 1 atom stereocenters. The van der Waals surface area contributed by atoms with Gasteiger partial charge in [0.15, 0.2) is 0 Å². The van der Waals surface area contributed by atoms with Crippen LogP contribution < -0.4 is 9.62 Å². The number of benzene rings is 2. The van der Waals surface area contributed by atoms with Crippen molar-refractivity contribution in [1.29, 1.82) is 0 Å². The molecule has 0 spiro atoms. The molecule has 0 aliphatic carbocycles. The molecule has 198 valence electrons. The van der Waals surface area contributed by atoms with Crippen LogP contribution in [0.3, 0.4) is 0 Å². The summed E-state index contributed by atoms with van der Waals surface area (Å²) in [5, 5.41) is 3.26. The summed E-state index contributed by atoms with van der Waals surface area (Å²) in [7, 11) is -3.62. The van der Waals surface area contributed by atoms with E-state index in [0.29, 0.717) is 22.8 Å². The number of hydrogen-bond donors (Lipinski definition) is 1. The van der Waals surface area contributed by atoms with Gasteiger partial charge in [0.05, 0.1) is 11.9 Å². The third kappa shape index (κ3) is 8.78. The van der Waals surface area contributed by atoms with Gasteiger partial charge in [0.2, 0.25) is 21.8 Å². The summed E-state index contributed by atoms with van der Waals surface area (Å²) >= 11 is 6.09. The first-order valence-corrected chi connectivity index (χ1v) is 14.2. The third-order valence-electron chi connectivity index (χ3n) is 5.86. The van der Waals surface area contributed by atoms with E-state index < -0.39 is 16.1 Å². The molecule has 2 aromatic rings. The predicted octanol–water partition coefficient (Wildman–Crippen LogP) is 4.67. The molecular weight excluding hydrogens is 505 g/mol.